The van der Waals surface area contributed by atoms with Crippen molar-refractivity contribution in [3.05, 3.63) is 86.7 Å². The van der Waals surface area contributed by atoms with Crippen molar-refractivity contribution < 1.29 is 9.21 Å². The van der Waals surface area contributed by atoms with Crippen LogP contribution < -0.4 is 10.7 Å². The first kappa shape index (κ1) is 20.9. The molecule has 1 N–H and O–H groups in total. The summed E-state index contributed by atoms with van der Waals surface area (Å²) in [6, 6.07) is 15.6. The fraction of sp³-hybridized carbons (Fsp3) is 0.250. The Morgan fingerprint density at radius 3 is 2.55 bits per heavy atom. The molecule has 2 aromatic carbocycles. The number of rotatable bonds is 6. The van der Waals surface area contributed by atoms with Crippen molar-refractivity contribution in [2.24, 2.45) is 0 Å². The van der Waals surface area contributed by atoms with Gasteiger partial charge in [0.15, 0.2) is 11.2 Å². The Bertz CT molecular complexity index is 1090. The summed E-state index contributed by atoms with van der Waals surface area (Å²) in [6.45, 7) is 6.28. The van der Waals surface area contributed by atoms with Crippen LogP contribution in [-0.2, 0) is 6.42 Å². The second kappa shape index (κ2) is 9.10. The largest absolute Gasteiger partial charge is 0.451 e. The molecule has 4 nitrogen and oxygen atoms in total. The maximum absolute atomic E-state index is 13.0. The van der Waals surface area contributed by atoms with E-state index in [1.807, 2.05) is 25.1 Å². The number of nitrogens with one attached hydrogen (secondary N) is 1. The number of hydrogen-bond acceptors (Lipinski definition) is 3. The molecule has 0 saturated carbocycles. The molecule has 150 valence electrons. The highest BCUT2D eigenvalue weighted by molar-refractivity contribution is 6.33. The molecule has 1 aromatic heterocycles. The lowest BCUT2D eigenvalue weighted by atomic mass is 9.93. The van der Waals surface area contributed by atoms with Crippen LogP contribution in [0.25, 0.3) is 11.3 Å². The molecule has 0 radical (unpaired) electrons. The summed E-state index contributed by atoms with van der Waals surface area (Å²) in [5.41, 5.74) is 3.16. The van der Waals surface area contributed by atoms with E-state index in [0.29, 0.717) is 16.5 Å². The quantitative estimate of drug-likeness (QED) is 0.520. The maximum atomic E-state index is 13.0. The van der Waals surface area contributed by atoms with Crippen LogP contribution >= 0.6 is 11.6 Å². The van der Waals surface area contributed by atoms with E-state index in [1.54, 1.807) is 24.3 Å². The van der Waals surface area contributed by atoms with Gasteiger partial charge in [-0.3, -0.25) is 9.59 Å². The third-order valence-electron chi connectivity index (χ3n) is 5.08. The summed E-state index contributed by atoms with van der Waals surface area (Å²) in [5, 5.41) is 3.43. The Kier molecular flexibility index (Phi) is 6.55. The summed E-state index contributed by atoms with van der Waals surface area (Å²) in [7, 11) is 0. The van der Waals surface area contributed by atoms with Crippen LogP contribution in [0, 0.1) is 0 Å². The molecule has 3 rings (SSSR count). The zero-order chi connectivity index (χ0) is 21.0. The molecule has 0 unspecified atom stereocenters. The second-order valence-corrected chi connectivity index (χ2v) is 7.41. The Balaban J connectivity index is 2.01. The molecule has 5 heteroatoms. The first-order chi connectivity index (χ1) is 13.9. The monoisotopic (exact) mass is 409 g/mol. The normalized spacial score (nSPS) is 11.9. The van der Waals surface area contributed by atoms with Crippen LogP contribution in [0.3, 0.4) is 0 Å². The molecule has 1 amide bonds. The fourth-order valence-electron chi connectivity index (χ4n) is 3.26. The molecular weight excluding hydrogens is 386 g/mol. The Labute approximate surface area is 175 Å². The third-order valence-corrected chi connectivity index (χ3v) is 5.41. The van der Waals surface area contributed by atoms with Gasteiger partial charge < -0.3 is 9.73 Å². The van der Waals surface area contributed by atoms with E-state index in [2.05, 4.69) is 19.2 Å². The molecule has 1 atom stereocenters. The number of halogens is 1. The van der Waals surface area contributed by atoms with Crippen molar-refractivity contribution in [1.29, 1.82) is 0 Å². The van der Waals surface area contributed by atoms with E-state index in [4.69, 9.17) is 16.0 Å². The van der Waals surface area contributed by atoms with Gasteiger partial charge in [-0.25, -0.2) is 0 Å². The average Bonchev–Trinajstić information content (AvgIpc) is 2.73. The molecule has 29 heavy (non-hydrogen) atoms. The average molecular weight is 410 g/mol. The topological polar surface area (TPSA) is 59.3 Å². The smallest absolute Gasteiger partial charge is 0.291 e. The number of para-hydroxylation sites is 1. The van der Waals surface area contributed by atoms with E-state index < -0.39 is 5.91 Å². The van der Waals surface area contributed by atoms with Crippen molar-refractivity contribution in [1.82, 2.24) is 0 Å². The summed E-state index contributed by atoms with van der Waals surface area (Å²) >= 11 is 6.22. The van der Waals surface area contributed by atoms with Crippen molar-refractivity contribution in [3.63, 3.8) is 0 Å². The minimum Gasteiger partial charge on any atom is -0.451 e. The van der Waals surface area contributed by atoms with Crippen LogP contribution in [0.4, 0.5) is 5.69 Å². The number of benzene rings is 2. The van der Waals surface area contributed by atoms with Gasteiger partial charge in [0.1, 0.15) is 5.76 Å². The van der Waals surface area contributed by atoms with E-state index in [9.17, 15) is 9.59 Å². The van der Waals surface area contributed by atoms with Crippen molar-refractivity contribution in [2.45, 2.75) is 39.5 Å². The summed E-state index contributed by atoms with van der Waals surface area (Å²) < 4.78 is 5.76. The fourth-order valence-corrected chi connectivity index (χ4v) is 3.48. The molecule has 0 aliphatic rings. The van der Waals surface area contributed by atoms with Gasteiger partial charge in [0.05, 0.1) is 5.02 Å². The highest BCUT2D eigenvalue weighted by Gasteiger charge is 2.18. The Morgan fingerprint density at radius 2 is 1.86 bits per heavy atom. The van der Waals surface area contributed by atoms with Crippen LogP contribution in [0.2, 0.25) is 5.02 Å². The predicted octanol–water partition coefficient (Wildman–Crippen LogP) is 6.29. The molecule has 3 aromatic rings. The molecule has 0 fully saturated rings. The van der Waals surface area contributed by atoms with Crippen LogP contribution in [0.5, 0.6) is 0 Å². The lowest BCUT2D eigenvalue weighted by Gasteiger charge is -2.19. The minimum atomic E-state index is -0.457. The number of hydrogen-bond donors (Lipinski definition) is 1. The second-order valence-electron chi connectivity index (χ2n) is 7.00. The zero-order valence-electron chi connectivity index (χ0n) is 16.8. The summed E-state index contributed by atoms with van der Waals surface area (Å²) in [4.78, 5) is 25.2. The number of carbonyl (C=O) groups excluding carboxylic acids is 1. The maximum Gasteiger partial charge on any atom is 0.291 e. The van der Waals surface area contributed by atoms with Gasteiger partial charge in [-0.1, -0.05) is 62.7 Å². The molecular formula is C24H24ClNO3. The Hall–Kier alpha value is -2.85. The van der Waals surface area contributed by atoms with Crippen molar-refractivity contribution in [3.8, 4) is 11.3 Å². The predicted molar refractivity (Wildman–Crippen MR) is 118 cm³/mol. The van der Waals surface area contributed by atoms with Crippen LogP contribution in [-0.4, -0.2) is 5.91 Å². The third kappa shape index (κ3) is 4.60. The summed E-state index contributed by atoms with van der Waals surface area (Å²) in [6.07, 6.45) is 1.73. The van der Waals surface area contributed by atoms with E-state index in [-0.39, 0.29) is 16.9 Å². The highest BCUT2D eigenvalue weighted by atomic mass is 35.5. The number of aryl methyl sites for hydroxylation is 1. The molecule has 0 bridgehead atoms. The Morgan fingerprint density at radius 1 is 1.10 bits per heavy atom. The van der Waals surface area contributed by atoms with Crippen molar-refractivity contribution in [2.75, 3.05) is 5.32 Å². The molecule has 0 aliphatic carbocycles. The van der Waals surface area contributed by atoms with Gasteiger partial charge in [0.2, 0.25) is 0 Å². The number of anilines is 1. The van der Waals surface area contributed by atoms with E-state index in [1.165, 1.54) is 12.1 Å². The first-order valence-corrected chi connectivity index (χ1v) is 10.2. The number of amides is 1. The van der Waals surface area contributed by atoms with Gasteiger partial charge in [0, 0.05) is 23.4 Å². The molecule has 0 saturated heterocycles. The van der Waals surface area contributed by atoms with Gasteiger partial charge in [-0.05, 0) is 42.0 Å². The van der Waals surface area contributed by atoms with Crippen LogP contribution in [0.1, 0.15) is 54.8 Å². The van der Waals surface area contributed by atoms with E-state index in [0.717, 1.165) is 29.7 Å². The van der Waals surface area contributed by atoms with Crippen molar-refractivity contribution >= 4 is 23.2 Å². The lowest BCUT2D eigenvalue weighted by molar-refractivity contribution is 0.0995. The van der Waals surface area contributed by atoms with E-state index >= 15 is 0 Å². The highest BCUT2D eigenvalue weighted by Crippen LogP contribution is 2.31. The van der Waals surface area contributed by atoms with Gasteiger partial charge >= 0.3 is 0 Å². The molecule has 1 heterocycles. The molecule has 0 aliphatic heterocycles. The summed E-state index contributed by atoms with van der Waals surface area (Å²) in [5.74, 6) is 0.0485. The van der Waals surface area contributed by atoms with Gasteiger partial charge in [-0.15, -0.1) is 0 Å². The SMILES string of the molecule is CCc1cccc([C@H](C)CC)c1NC(=O)c1cc(=O)cc(-c2ccccc2Cl)o1. The standard InChI is InChI=1S/C24H24ClNO3/c1-4-15(3)18-11-8-9-16(5-2)23(18)26-24(28)22-14-17(27)13-21(29-22)19-10-6-7-12-20(19)25/h6-15H,4-5H2,1-3H3,(H,26,28)/t15-/m1/s1. The van der Waals surface area contributed by atoms with Crippen LogP contribution in [0.15, 0.2) is 63.8 Å². The van der Waals surface area contributed by atoms with Gasteiger partial charge in [-0.2, -0.15) is 0 Å². The lowest BCUT2D eigenvalue weighted by Crippen LogP contribution is -2.17. The first-order valence-electron chi connectivity index (χ1n) is 9.77. The molecule has 0 spiro atoms. The zero-order valence-corrected chi connectivity index (χ0v) is 17.5. The minimum absolute atomic E-state index is 0.0478. The number of carbonyl (C=O) groups is 1. The van der Waals surface area contributed by atoms with Gasteiger partial charge in [0.25, 0.3) is 5.91 Å².